The maximum Gasteiger partial charge on any atom is 0.0527 e. The first-order valence-corrected chi connectivity index (χ1v) is 12.4. The Balaban J connectivity index is 1.67. The molecule has 0 amide bonds. The van der Waals surface area contributed by atoms with E-state index in [1.807, 2.05) is 0 Å². The number of nitrogens with zero attached hydrogens (tertiary/aromatic N) is 2. The summed E-state index contributed by atoms with van der Waals surface area (Å²) in [7, 11) is 0. The molecular formula is C23H42N2OS. The molecule has 4 heterocycles. The van der Waals surface area contributed by atoms with Crippen molar-refractivity contribution in [1.29, 1.82) is 0 Å². The van der Waals surface area contributed by atoms with E-state index in [2.05, 4.69) is 63.1 Å². The summed E-state index contributed by atoms with van der Waals surface area (Å²) in [4.78, 5) is 5.61. The largest absolute Gasteiger partial charge is 0.381 e. The Hall–Kier alpha value is 0.230. The second-order valence-electron chi connectivity index (χ2n) is 12.0. The zero-order valence-corrected chi connectivity index (χ0v) is 19.5. The molecule has 0 aromatic heterocycles. The summed E-state index contributed by atoms with van der Waals surface area (Å²) >= 11 is 2.22. The van der Waals surface area contributed by atoms with Gasteiger partial charge in [-0.05, 0) is 90.4 Å². The van der Waals surface area contributed by atoms with Crippen molar-refractivity contribution in [3.05, 3.63) is 0 Å². The van der Waals surface area contributed by atoms with Crippen LogP contribution in [0.1, 0.15) is 60.8 Å². The standard InChI is InChI=1S/C23H42N2OS/c1-20(2,3)24-10-7-22(8-11-26-16-22)18(13-24)19-14-25(21(4,5)6)15-23(19)9-12-27-17-23/h18-19H,7-17H2,1-6H3. The highest BCUT2D eigenvalue weighted by molar-refractivity contribution is 7.99. The minimum atomic E-state index is 0.277. The van der Waals surface area contributed by atoms with Gasteiger partial charge in [0.05, 0.1) is 6.61 Å². The van der Waals surface area contributed by atoms with Crippen molar-refractivity contribution in [3.63, 3.8) is 0 Å². The Morgan fingerprint density at radius 3 is 2.07 bits per heavy atom. The molecule has 27 heavy (non-hydrogen) atoms. The zero-order valence-electron chi connectivity index (χ0n) is 18.6. The van der Waals surface area contributed by atoms with Crippen LogP contribution in [0.3, 0.4) is 0 Å². The molecule has 0 saturated carbocycles. The normalized spacial score (nSPS) is 42.0. The second-order valence-corrected chi connectivity index (χ2v) is 13.1. The molecule has 4 aliphatic heterocycles. The molecule has 4 rings (SSSR count). The maximum atomic E-state index is 6.06. The van der Waals surface area contributed by atoms with E-state index in [0.29, 0.717) is 10.8 Å². The molecule has 0 N–H and O–H groups in total. The van der Waals surface area contributed by atoms with Crippen molar-refractivity contribution in [2.45, 2.75) is 71.9 Å². The van der Waals surface area contributed by atoms with Crippen LogP contribution in [0.4, 0.5) is 0 Å². The van der Waals surface area contributed by atoms with Gasteiger partial charge in [-0.3, -0.25) is 9.80 Å². The zero-order chi connectivity index (χ0) is 19.5. The van der Waals surface area contributed by atoms with Crippen LogP contribution in [0, 0.1) is 22.7 Å². The maximum absolute atomic E-state index is 6.06. The Kier molecular flexibility index (Phi) is 5.23. The third-order valence-corrected chi connectivity index (χ3v) is 9.72. The molecule has 0 aliphatic carbocycles. The van der Waals surface area contributed by atoms with Gasteiger partial charge in [0, 0.05) is 48.5 Å². The molecule has 0 aromatic rings. The predicted molar refractivity (Wildman–Crippen MR) is 116 cm³/mol. The Labute approximate surface area is 172 Å². The average Bonchev–Trinajstić information content (AvgIpc) is 3.29. The molecule has 4 aliphatic rings. The van der Waals surface area contributed by atoms with Gasteiger partial charge in [-0.15, -0.1) is 0 Å². The Morgan fingerprint density at radius 1 is 0.852 bits per heavy atom. The van der Waals surface area contributed by atoms with Gasteiger partial charge in [-0.25, -0.2) is 0 Å². The van der Waals surface area contributed by atoms with Crippen LogP contribution in [0.15, 0.2) is 0 Å². The van der Waals surface area contributed by atoms with E-state index in [-0.39, 0.29) is 11.1 Å². The highest BCUT2D eigenvalue weighted by Gasteiger charge is 2.59. The summed E-state index contributed by atoms with van der Waals surface area (Å²) in [6, 6.07) is 0. The van der Waals surface area contributed by atoms with E-state index < -0.39 is 0 Å². The molecule has 0 bridgehead atoms. The van der Waals surface area contributed by atoms with Crippen LogP contribution in [-0.4, -0.2) is 71.8 Å². The summed E-state index contributed by atoms with van der Waals surface area (Å²) in [5.41, 5.74) is 1.55. The van der Waals surface area contributed by atoms with Crippen molar-refractivity contribution >= 4 is 11.8 Å². The van der Waals surface area contributed by atoms with Gasteiger partial charge in [0.2, 0.25) is 0 Å². The first-order valence-electron chi connectivity index (χ1n) is 11.2. The minimum Gasteiger partial charge on any atom is -0.381 e. The molecule has 2 spiro atoms. The molecule has 4 saturated heterocycles. The minimum absolute atomic E-state index is 0.277. The summed E-state index contributed by atoms with van der Waals surface area (Å²) in [6.07, 6.45) is 4.06. The number of piperidine rings is 1. The molecule has 4 atom stereocenters. The number of likely N-dealkylation sites (tertiary alicyclic amines) is 2. The van der Waals surface area contributed by atoms with Gasteiger partial charge in [-0.1, -0.05) is 0 Å². The summed E-state index contributed by atoms with van der Waals surface area (Å²) < 4.78 is 6.06. The van der Waals surface area contributed by atoms with Crippen LogP contribution >= 0.6 is 11.8 Å². The van der Waals surface area contributed by atoms with Crippen LogP contribution < -0.4 is 0 Å². The third-order valence-electron chi connectivity index (χ3n) is 8.44. The van der Waals surface area contributed by atoms with Crippen LogP contribution in [-0.2, 0) is 4.74 Å². The van der Waals surface area contributed by atoms with Gasteiger partial charge in [0.1, 0.15) is 0 Å². The van der Waals surface area contributed by atoms with Gasteiger partial charge in [0.15, 0.2) is 0 Å². The quantitative estimate of drug-likeness (QED) is 0.656. The van der Waals surface area contributed by atoms with E-state index in [0.717, 1.165) is 25.0 Å². The lowest BCUT2D eigenvalue weighted by atomic mass is 9.58. The fourth-order valence-corrected chi connectivity index (χ4v) is 7.99. The van der Waals surface area contributed by atoms with Gasteiger partial charge in [-0.2, -0.15) is 11.8 Å². The van der Waals surface area contributed by atoms with Gasteiger partial charge in [0.25, 0.3) is 0 Å². The van der Waals surface area contributed by atoms with E-state index in [9.17, 15) is 0 Å². The highest BCUT2D eigenvalue weighted by atomic mass is 32.2. The molecule has 0 radical (unpaired) electrons. The first kappa shape index (κ1) is 20.5. The average molecular weight is 395 g/mol. The van der Waals surface area contributed by atoms with Crippen molar-refractivity contribution in [3.8, 4) is 0 Å². The van der Waals surface area contributed by atoms with Crippen molar-refractivity contribution < 1.29 is 4.74 Å². The molecule has 0 aromatic carbocycles. The molecule has 4 heteroatoms. The lowest BCUT2D eigenvalue weighted by molar-refractivity contribution is -0.0561. The molecular weight excluding hydrogens is 352 g/mol. The monoisotopic (exact) mass is 394 g/mol. The van der Waals surface area contributed by atoms with Crippen LogP contribution in [0.25, 0.3) is 0 Å². The molecule has 3 nitrogen and oxygen atoms in total. The number of thioether (sulfide) groups is 1. The SMILES string of the molecule is CC(C)(C)N1CCC2(CCOC2)C(C2CN(C(C)(C)C)CC23CCSC3)C1. The molecule has 4 fully saturated rings. The summed E-state index contributed by atoms with van der Waals surface area (Å²) in [5.74, 6) is 4.37. The lowest BCUT2D eigenvalue weighted by Gasteiger charge is -2.53. The van der Waals surface area contributed by atoms with E-state index in [1.165, 1.54) is 56.9 Å². The van der Waals surface area contributed by atoms with Crippen LogP contribution in [0.5, 0.6) is 0 Å². The smallest absolute Gasteiger partial charge is 0.0527 e. The number of hydrogen-bond donors (Lipinski definition) is 0. The second kappa shape index (κ2) is 6.89. The highest BCUT2D eigenvalue weighted by Crippen LogP contribution is 2.58. The van der Waals surface area contributed by atoms with E-state index in [4.69, 9.17) is 4.74 Å². The molecule has 156 valence electrons. The number of rotatable bonds is 1. The van der Waals surface area contributed by atoms with E-state index in [1.54, 1.807) is 0 Å². The Morgan fingerprint density at radius 2 is 1.52 bits per heavy atom. The van der Waals surface area contributed by atoms with Crippen molar-refractivity contribution in [2.75, 3.05) is 50.9 Å². The van der Waals surface area contributed by atoms with Gasteiger partial charge < -0.3 is 4.74 Å². The number of hydrogen-bond acceptors (Lipinski definition) is 4. The Bertz CT molecular complexity index is 538. The number of ether oxygens (including phenoxy) is 1. The van der Waals surface area contributed by atoms with E-state index >= 15 is 0 Å². The van der Waals surface area contributed by atoms with Gasteiger partial charge >= 0.3 is 0 Å². The first-order chi connectivity index (χ1) is 12.6. The van der Waals surface area contributed by atoms with Crippen molar-refractivity contribution in [1.82, 2.24) is 9.80 Å². The summed E-state index contributed by atoms with van der Waals surface area (Å²) in [6.45, 7) is 21.6. The predicted octanol–water partition coefficient (Wildman–Crippen LogP) is 4.37. The topological polar surface area (TPSA) is 15.7 Å². The fourth-order valence-electron chi connectivity index (χ4n) is 6.44. The summed E-state index contributed by atoms with van der Waals surface area (Å²) in [5, 5.41) is 0. The van der Waals surface area contributed by atoms with Crippen LogP contribution in [0.2, 0.25) is 0 Å². The lowest BCUT2D eigenvalue weighted by Crippen LogP contribution is -2.58. The fraction of sp³-hybridized carbons (Fsp3) is 1.00. The molecule has 4 unspecified atom stereocenters. The van der Waals surface area contributed by atoms with Crippen molar-refractivity contribution in [2.24, 2.45) is 22.7 Å². The third kappa shape index (κ3) is 3.62.